The van der Waals surface area contributed by atoms with Crippen LogP contribution in [0.5, 0.6) is 0 Å². The van der Waals surface area contributed by atoms with E-state index in [1.54, 1.807) is 0 Å². The highest BCUT2D eigenvalue weighted by atomic mass is 14.5. The summed E-state index contributed by atoms with van der Waals surface area (Å²) in [6.45, 7) is 23.8. The van der Waals surface area contributed by atoms with Crippen LogP contribution in [0.3, 0.4) is 0 Å². The minimum absolute atomic E-state index is 0.155. The van der Waals surface area contributed by atoms with Crippen molar-refractivity contribution in [2.24, 2.45) is 0 Å². The highest BCUT2D eigenvalue weighted by Gasteiger charge is 2.45. The Morgan fingerprint density at radius 1 is 0.305 bits per heavy atom. The Morgan fingerprint density at radius 2 is 0.593 bits per heavy atom. The lowest BCUT2D eigenvalue weighted by molar-refractivity contribution is 0.649. The first-order chi connectivity index (χ1) is 28.2. The van der Waals surface area contributed by atoms with E-state index in [9.17, 15) is 0 Å². The van der Waals surface area contributed by atoms with E-state index in [2.05, 4.69) is 203 Å². The van der Waals surface area contributed by atoms with Gasteiger partial charge in [0.25, 0.3) is 0 Å². The third-order valence-corrected chi connectivity index (χ3v) is 15.1. The molecule has 0 unspecified atom stereocenters. The standard InChI is InChI=1S/C59H54/c1-33(2)35-19-23-37(24-20-35)43-27-53-55(41-17-13-11-15-39(41)43)47-31-49-45(29-51(47)58(53,7)8)46-30-52-48(32-50(46)57(49,5)6)56-42-18-14-12-16-40(42)44(28-54(56)59(52,9)10)38-25-21-36(22-26-38)34(3)4/h11-34H,1-10H3. The summed E-state index contributed by atoms with van der Waals surface area (Å²) in [5.74, 6) is 1.03. The molecule has 0 atom stereocenters. The molecule has 0 N–H and O–H groups in total. The molecule has 0 fully saturated rings. The zero-order valence-electron chi connectivity index (χ0n) is 36.4. The molecule has 0 amide bonds. The second-order valence-electron chi connectivity index (χ2n) is 20.1. The molecule has 0 saturated heterocycles. The Labute approximate surface area is 351 Å². The van der Waals surface area contributed by atoms with E-state index in [4.69, 9.17) is 0 Å². The van der Waals surface area contributed by atoms with Gasteiger partial charge in [0.2, 0.25) is 0 Å². The van der Waals surface area contributed by atoms with Crippen molar-refractivity contribution in [3.05, 3.63) is 178 Å². The molecule has 0 aliphatic heterocycles. The van der Waals surface area contributed by atoms with Crippen molar-refractivity contribution in [3.8, 4) is 55.6 Å². The van der Waals surface area contributed by atoms with Crippen LogP contribution in [0.2, 0.25) is 0 Å². The topological polar surface area (TPSA) is 0 Å². The molecule has 59 heavy (non-hydrogen) atoms. The van der Waals surface area contributed by atoms with Crippen LogP contribution in [-0.2, 0) is 16.2 Å². The van der Waals surface area contributed by atoms with E-state index in [1.165, 1.54) is 122 Å². The fourth-order valence-electron chi connectivity index (χ4n) is 11.5. The summed E-state index contributed by atoms with van der Waals surface area (Å²) in [7, 11) is 0. The maximum atomic E-state index is 2.60. The summed E-state index contributed by atoms with van der Waals surface area (Å²) in [4.78, 5) is 0. The number of fused-ring (bicyclic) bond motifs is 13. The monoisotopic (exact) mass is 762 g/mol. The Kier molecular flexibility index (Phi) is 7.50. The molecule has 0 saturated carbocycles. The van der Waals surface area contributed by atoms with Crippen molar-refractivity contribution in [1.82, 2.24) is 0 Å². The van der Waals surface area contributed by atoms with E-state index in [1.807, 2.05) is 0 Å². The predicted octanol–water partition coefficient (Wildman–Crippen LogP) is 16.5. The van der Waals surface area contributed by atoms with Crippen LogP contribution in [0.25, 0.3) is 77.2 Å². The van der Waals surface area contributed by atoms with Crippen LogP contribution in [0.1, 0.15) is 126 Å². The van der Waals surface area contributed by atoms with Gasteiger partial charge in [-0.1, -0.05) is 166 Å². The van der Waals surface area contributed by atoms with E-state index in [-0.39, 0.29) is 16.2 Å². The molecular formula is C59H54. The van der Waals surface area contributed by atoms with E-state index < -0.39 is 0 Å². The molecule has 0 radical (unpaired) electrons. The highest BCUT2D eigenvalue weighted by Crippen LogP contribution is 2.61. The minimum atomic E-state index is -0.156. The number of rotatable bonds is 4. The van der Waals surface area contributed by atoms with E-state index in [0.717, 1.165) is 0 Å². The average molecular weight is 763 g/mol. The Bertz CT molecular complexity index is 2880. The maximum absolute atomic E-state index is 2.60. The minimum Gasteiger partial charge on any atom is -0.0616 e. The highest BCUT2D eigenvalue weighted by molar-refractivity contribution is 6.11. The van der Waals surface area contributed by atoms with Crippen LogP contribution in [0, 0.1) is 0 Å². The molecule has 0 heterocycles. The lowest BCUT2D eigenvalue weighted by atomic mass is 9.78. The summed E-state index contributed by atoms with van der Waals surface area (Å²) < 4.78 is 0. The third-order valence-electron chi connectivity index (χ3n) is 15.1. The van der Waals surface area contributed by atoms with Gasteiger partial charge < -0.3 is 0 Å². The molecule has 3 aliphatic rings. The largest absolute Gasteiger partial charge is 0.0616 e. The van der Waals surface area contributed by atoms with Crippen molar-refractivity contribution >= 4 is 21.5 Å². The maximum Gasteiger partial charge on any atom is 0.0159 e. The van der Waals surface area contributed by atoms with Gasteiger partial charge in [0.15, 0.2) is 0 Å². The SMILES string of the molecule is CC(C)c1ccc(-c2cc3c(c4ccccc24)-c2cc4c(cc2C3(C)C)-c2cc3c(cc2C4(C)C)-c2c(cc(-c4ccc(C(C)C)cc4)c4ccccc24)C3(C)C)cc1. The van der Waals surface area contributed by atoms with Gasteiger partial charge in [0.1, 0.15) is 0 Å². The second-order valence-corrected chi connectivity index (χ2v) is 20.1. The molecule has 3 aliphatic carbocycles. The van der Waals surface area contributed by atoms with E-state index in [0.29, 0.717) is 11.8 Å². The van der Waals surface area contributed by atoms with Crippen LogP contribution in [0.4, 0.5) is 0 Å². The first-order valence-corrected chi connectivity index (χ1v) is 21.9. The summed E-state index contributed by atoms with van der Waals surface area (Å²) in [5, 5.41) is 5.37. The molecular weight excluding hydrogens is 709 g/mol. The van der Waals surface area contributed by atoms with Gasteiger partial charge in [-0.15, -0.1) is 0 Å². The van der Waals surface area contributed by atoms with Crippen LogP contribution in [0.15, 0.2) is 133 Å². The van der Waals surface area contributed by atoms with Crippen molar-refractivity contribution in [2.75, 3.05) is 0 Å². The fourth-order valence-corrected chi connectivity index (χ4v) is 11.5. The van der Waals surface area contributed by atoms with Gasteiger partial charge in [0.05, 0.1) is 0 Å². The van der Waals surface area contributed by atoms with Gasteiger partial charge in [0, 0.05) is 16.2 Å². The fraction of sp³-hybridized carbons (Fsp3) is 0.254. The smallest absolute Gasteiger partial charge is 0.0159 e. The quantitative estimate of drug-likeness (QED) is 0.167. The molecule has 11 rings (SSSR count). The molecule has 0 spiro atoms. The van der Waals surface area contributed by atoms with Crippen LogP contribution < -0.4 is 0 Å². The molecule has 0 heteroatoms. The Hall–Kier alpha value is -5.72. The van der Waals surface area contributed by atoms with Crippen molar-refractivity contribution < 1.29 is 0 Å². The Morgan fingerprint density at radius 3 is 0.949 bits per heavy atom. The van der Waals surface area contributed by atoms with Gasteiger partial charge in [-0.05, 0) is 170 Å². The van der Waals surface area contributed by atoms with Crippen molar-refractivity contribution in [1.29, 1.82) is 0 Å². The molecule has 0 aromatic heterocycles. The van der Waals surface area contributed by atoms with Crippen LogP contribution in [-0.4, -0.2) is 0 Å². The second kappa shape index (κ2) is 12.2. The van der Waals surface area contributed by atoms with Crippen LogP contribution >= 0.6 is 0 Å². The van der Waals surface area contributed by atoms with Crippen molar-refractivity contribution in [3.63, 3.8) is 0 Å². The zero-order chi connectivity index (χ0) is 40.9. The van der Waals surface area contributed by atoms with Crippen molar-refractivity contribution in [2.45, 2.75) is 97.3 Å². The normalized spacial score (nSPS) is 16.0. The number of hydrogen-bond donors (Lipinski definition) is 0. The number of hydrogen-bond acceptors (Lipinski definition) is 0. The average Bonchev–Trinajstić information content (AvgIpc) is 3.70. The first kappa shape index (κ1) is 36.4. The van der Waals surface area contributed by atoms with Gasteiger partial charge in [-0.2, -0.15) is 0 Å². The summed E-state index contributed by atoms with van der Waals surface area (Å²) in [6, 6.07) is 52.3. The molecule has 0 nitrogen and oxygen atoms in total. The summed E-state index contributed by atoms with van der Waals surface area (Å²) in [5.41, 5.74) is 24.6. The molecule has 290 valence electrons. The Balaban J connectivity index is 1.09. The van der Waals surface area contributed by atoms with Gasteiger partial charge in [-0.25, -0.2) is 0 Å². The number of benzene rings is 8. The molecule has 0 bridgehead atoms. The first-order valence-electron chi connectivity index (χ1n) is 21.9. The zero-order valence-corrected chi connectivity index (χ0v) is 36.4. The third kappa shape index (κ3) is 4.90. The van der Waals surface area contributed by atoms with E-state index >= 15 is 0 Å². The predicted molar refractivity (Wildman–Crippen MR) is 253 cm³/mol. The summed E-state index contributed by atoms with van der Waals surface area (Å²) in [6.07, 6.45) is 0. The lowest BCUT2D eigenvalue weighted by Crippen LogP contribution is -2.17. The lowest BCUT2D eigenvalue weighted by Gasteiger charge is -2.25. The van der Waals surface area contributed by atoms with Gasteiger partial charge in [-0.3, -0.25) is 0 Å². The summed E-state index contributed by atoms with van der Waals surface area (Å²) >= 11 is 0. The molecule has 8 aromatic rings. The van der Waals surface area contributed by atoms with Gasteiger partial charge >= 0.3 is 0 Å². The molecule has 8 aromatic carbocycles.